The van der Waals surface area contributed by atoms with E-state index in [9.17, 15) is 14.7 Å². The van der Waals surface area contributed by atoms with Crippen LogP contribution in [-0.4, -0.2) is 34.3 Å². The number of anilines is 2. The highest BCUT2D eigenvalue weighted by Crippen LogP contribution is 2.47. The van der Waals surface area contributed by atoms with Gasteiger partial charge in [-0.1, -0.05) is 18.2 Å². The van der Waals surface area contributed by atoms with Crippen LogP contribution in [0.1, 0.15) is 38.1 Å². The summed E-state index contributed by atoms with van der Waals surface area (Å²) in [6.07, 6.45) is 1.60. The van der Waals surface area contributed by atoms with Gasteiger partial charge in [0.2, 0.25) is 0 Å². The Kier molecular flexibility index (Phi) is 5.21. The van der Waals surface area contributed by atoms with Gasteiger partial charge >= 0.3 is 0 Å². The maximum atomic E-state index is 13.7. The average molecular weight is 540 g/mol. The minimum absolute atomic E-state index is 0.0219. The molecule has 4 heterocycles. The van der Waals surface area contributed by atoms with E-state index in [4.69, 9.17) is 20.4 Å². The lowest BCUT2D eigenvalue weighted by atomic mass is 9.97. The highest BCUT2D eigenvalue weighted by Gasteiger charge is 2.36. The van der Waals surface area contributed by atoms with Gasteiger partial charge in [-0.3, -0.25) is 9.59 Å². The summed E-state index contributed by atoms with van der Waals surface area (Å²) < 4.78 is 11.2. The number of para-hydroxylation sites is 1. The van der Waals surface area contributed by atoms with E-state index >= 15 is 0 Å². The van der Waals surface area contributed by atoms with E-state index in [0.717, 1.165) is 32.8 Å². The second-order valence-corrected chi connectivity index (χ2v) is 10.1. The molecule has 1 aliphatic heterocycles. The third kappa shape index (κ3) is 3.67. The van der Waals surface area contributed by atoms with Crippen LogP contribution in [-0.2, 0) is 0 Å². The monoisotopic (exact) mass is 539 g/mol. The summed E-state index contributed by atoms with van der Waals surface area (Å²) in [5.41, 5.74) is 5.16. The summed E-state index contributed by atoms with van der Waals surface area (Å²) in [5, 5.41) is 15.9. The van der Waals surface area contributed by atoms with E-state index in [0.29, 0.717) is 40.7 Å². The molecule has 39 heavy (non-hydrogen) atoms. The molecule has 6 aromatic rings. The number of aromatic nitrogens is 1. The van der Waals surface area contributed by atoms with Crippen LogP contribution < -0.4 is 10.2 Å². The molecule has 9 heteroatoms. The summed E-state index contributed by atoms with van der Waals surface area (Å²) in [6.45, 7) is 2.29. The molecule has 0 radical (unpaired) electrons. The number of nitrogens with one attached hydrogen (secondary N) is 2. The Morgan fingerprint density at radius 3 is 2.79 bits per heavy atom. The third-order valence-electron chi connectivity index (χ3n) is 7.32. The van der Waals surface area contributed by atoms with Gasteiger partial charge in [0.05, 0.1) is 12.0 Å². The molecule has 3 aromatic heterocycles. The average Bonchev–Trinajstić information content (AvgIpc) is 3.71. The molecule has 0 bridgehead atoms. The van der Waals surface area contributed by atoms with Crippen molar-refractivity contribution in [3.8, 4) is 5.75 Å². The number of phenolic OH excluding ortho intramolecular Hbond substituents is 1. The van der Waals surface area contributed by atoms with Gasteiger partial charge in [-0.2, -0.15) is 0 Å². The van der Waals surface area contributed by atoms with E-state index in [2.05, 4.69) is 10.3 Å². The lowest BCUT2D eigenvalue weighted by molar-refractivity contribution is 0.0981. The number of hydrogen-bond donors (Lipinski definition) is 3. The number of fused-ring (bicyclic) bond motifs is 5. The molecule has 8 nitrogen and oxygen atoms in total. The highest BCUT2D eigenvalue weighted by atomic mass is 35.5. The number of nitrogens with zero attached hydrogens (tertiary/aromatic N) is 1. The molecule has 0 fully saturated rings. The first-order valence-corrected chi connectivity index (χ1v) is 13.0. The van der Waals surface area contributed by atoms with Gasteiger partial charge in [-0.05, 0) is 54.4 Å². The quantitative estimate of drug-likeness (QED) is 0.211. The predicted molar refractivity (Wildman–Crippen MR) is 150 cm³/mol. The number of rotatable bonds is 4. The normalized spacial score (nSPS) is 14.9. The molecule has 0 saturated carbocycles. The standard InChI is InChI=1S/C30H22ClN3O5/c1-15-14-38-28-23(35)11-22-27(26(15)28)18(12-31)13-34(22)30(37)21-9-17-8-19(6-7-20(17)33-21)32-29(36)25-10-16-4-2-3-5-24(16)39-25/h2-11,14,18,33,35H,12-13H2,1H3,(H,32,36)/t18-/m1/s1. The van der Waals surface area contributed by atoms with Crippen LogP contribution in [0.5, 0.6) is 5.75 Å². The van der Waals surface area contributed by atoms with Crippen molar-refractivity contribution in [1.29, 1.82) is 0 Å². The minimum atomic E-state index is -0.362. The fourth-order valence-corrected chi connectivity index (χ4v) is 5.74. The second kappa shape index (κ2) is 8.68. The van der Waals surface area contributed by atoms with Gasteiger partial charge in [0.1, 0.15) is 11.3 Å². The van der Waals surface area contributed by atoms with Crippen LogP contribution in [0.4, 0.5) is 11.4 Å². The van der Waals surface area contributed by atoms with Crippen LogP contribution in [0.15, 0.2) is 75.8 Å². The molecule has 3 N–H and O–H groups in total. The number of amides is 2. The third-order valence-corrected chi connectivity index (χ3v) is 7.69. The zero-order chi connectivity index (χ0) is 26.8. The van der Waals surface area contributed by atoms with E-state index in [-0.39, 0.29) is 29.2 Å². The summed E-state index contributed by atoms with van der Waals surface area (Å²) in [6, 6.07) is 17.8. The Hall–Kier alpha value is -4.69. The number of hydrogen-bond acceptors (Lipinski definition) is 5. The maximum absolute atomic E-state index is 13.7. The Labute approximate surface area is 226 Å². The smallest absolute Gasteiger partial charge is 0.291 e. The molecule has 3 aromatic carbocycles. The van der Waals surface area contributed by atoms with Crippen molar-refractivity contribution < 1.29 is 23.5 Å². The number of furan rings is 2. The van der Waals surface area contributed by atoms with Gasteiger partial charge in [-0.25, -0.2) is 0 Å². The van der Waals surface area contributed by atoms with E-state index in [1.165, 1.54) is 0 Å². The summed E-state index contributed by atoms with van der Waals surface area (Å²) >= 11 is 6.32. The summed E-state index contributed by atoms with van der Waals surface area (Å²) in [5.74, 6) is -0.192. The van der Waals surface area contributed by atoms with Crippen LogP contribution in [0, 0.1) is 6.92 Å². The van der Waals surface area contributed by atoms with Crippen molar-refractivity contribution in [3.05, 3.63) is 89.5 Å². The van der Waals surface area contributed by atoms with Gasteiger partial charge in [0.15, 0.2) is 17.1 Å². The van der Waals surface area contributed by atoms with E-state index < -0.39 is 0 Å². The van der Waals surface area contributed by atoms with Crippen molar-refractivity contribution in [2.24, 2.45) is 0 Å². The number of halogens is 1. The zero-order valence-electron chi connectivity index (χ0n) is 20.7. The van der Waals surface area contributed by atoms with Crippen molar-refractivity contribution >= 4 is 67.6 Å². The van der Waals surface area contributed by atoms with Gasteiger partial charge in [0.25, 0.3) is 11.8 Å². The molecule has 0 spiro atoms. The molecule has 0 aliphatic carbocycles. The molecule has 2 amide bonds. The Bertz CT molecular complexity index is 1920. The molecular formula is C30H22ClN3O5. The number of phenols is 1. The summed E-state index contributed by atoms with van der Waals surface area (Å²) in [7, 11) is 0. The van der Waals surface area contributed by atoms with Gasteiger partial charge < -0.3 is 29.1 Å². The van der Waals surface area contributed by atoms with Crippen LogP contribution in [0.2, 0.25) is 0 Å². The first-order valence-electron chi connectivity index (χ1n) is 12.5. The Morgan fingerprint density at radius 1 is 1.13 bits per heavy atom. The second-order valence-electron chi connectivity index (χ2n) is 9.81. The molecule has 194 valence electrons. The van der Waals surface area contributed by atoms with Crippen LogP contribution in [0.3, 0.4) is 0 Å². The summed E-state index contributed by atoms with van der Waals surface area (Å²) in [4.78, 5) is 31.3. The van der Waals surface area contributed by atoms with E-state index in [1.807, 2.05) is 37.3 Å². The number of H-pyrrole nitrogens is 1. The largest absolute Gasteiger partial charge is 0.504 e. The lowest BCUT2D eigenvalue weighted by Gasteiger charge is -2.17. The Balaban J connectivity index is 1.19. The topological polar surface area (TPSA) is 112 Å². The zero-order valence-corrected chi connectivity index (χ0v) is 21.5. The Morgan fingerprint density at radius 2 is 1.97 bits per heavy atom. The number of carbonyl (C=O) groups excluding carboxylic acids is 2. The van der Waals surface area contributed by atoms with Crippen molar-refractivity contribution in [3.63, 3.8) is 0 Å². The molecule has 0 unspecified atom stereocenters. The van der Waals surface area contributed by atoms with Crippen molar-refractivity contribution in [2.45, 2.75) is 12.8 Å². The first-order chi connectivity index (χ1) is 18.9. The minimum Gasteiger partial charge on any atom is -0.504 e. The number of aromatic hydroxyl groups is 1. The van der Waals surface area contributed by atoms with E-state index in [1.54, 1.807) is 41.5 Å². The van der Waals surface area contributed by atoms with Crippen molar-refractivity contribution in [2.75, 3.05) is 22.6 Å². The molecule has 7 rings (SSSR count). The van der Waals surface area contributed by atoms with Gasteiger partial charge in [-0.15, -0.1) is 11.6 Å². The maximum Gasteiger partial charge on any atom is 0.291 e. The predicted octanol–water partition coefficient (Wildman–Crippen LogP) is 6.91. The number of carbonyl (C=O) groups is 2. The highest BCUT2D eigenvalue weighted by molar-refractivity contribution is 6.19. The lowest BCUT2D eigenvalue weighted by Crippen LogP contribution is -2.30. The first kappa shape index (κ1) is 23.4. The molecule has 0 saturated heterocycles. The number of alkyl halides is 1. The molecular weight excluding hydrogens is 518 g/mol. The number of aryl methyl sites for hydroxylation is 1. The number of benzene rings is 3. The fourth-order valence-electron chi connectivity index (χ4n) is 5.49. The van der Waals surface area contributed by atoms with Crippen LogP contribution >= 0.6 is 11.6 Å². The fraction of sp³-hybridized carbons (Fsp3) is 0.133. The number of aromatic amines is 1. The van der Waals surface area contributed by atoms with Gasteiger partial charge in [0, 0.05) is 51.8 Å². The van der Waals surface area contributed by atoms with Crippen LogP contribution in [0.25, 0.3) is 32.8 Å². The molecule has 1 atom stereocenters. The SMILES string of the molecule is Cc1coc2c(O)cc3c(c12)[C@H](CCl)CN3C(=O)c1cc2cc(NC(=O)c3cc4ccccc4o3)ccc2[nH]1. The molecule has 1 aliphatic rings. The van der Waals surface area contributed by atoms with Crippen molar-refractivity contribution in [1.82, 2.24) is 4.98 Å².